The molecule has 2 amide bonds. The molecule has 1 saturated heterocycles. The van der Waals surface area contributed by atoms with Crippen molar-refractivity contribution in [3.8, 4) is 0 Å². The van der Waals surface area contributed by atoms with E-state index in [2.05, 4.69) is 5.32 Å². The number of anilines is 1. The summed E-state index contributed by atoms with van der Waals surface area (Å²) >= 11 is 5.95. The van der Waals surface area contributed by atoms with Gasteiger partial charge in [-0.1, -0.05) is 11.6 Å². The summed E-state index contributed by atoms with van der Waals surface area (Å²) in [5.41, 5.74) is 0.562. The van der Waals surface area contributed by atoms with Crippen LogP contribution in [0, 0.1) is 18.7 Å². The Labute approximate surface area is 115 Å². The summed E-state index contributed by atoms with van der Waals surface area (Å²) in [5.74, 6) is -1.23. The van der Waals surface area contributed by atoms with Crippen LogP contribution in [0.2, 0.25) is 5.02 Å². The first-order valence-electron chi connectivity index (χ1n) is 5.89. The van der Waals surface area contributed by atoms with Gasteiger partial charge < -0.3 is 10.2 Å². The Morgan fingerprint density at radius 3 is 2.79 bits per heavy atom. The number of hydrogen-bond donors (Lipinski definition) is 1. The Hall–Kier alpha value is -1.62. The zero-order valence-corrected chi connectivity index (χ0v) is 11.4. The SMILES string of the molecule is Cc1c(F)ccc(Cl)c1NC(=O)C1CC(=O)N(C)C1. The van der Waals surface area contributed by atoms with Crippen LogP contribution >= 0.6 is 11.6 Å². The highest BCUT2D eigenvalue weighted by molar-refractivity contribution is 6.34. The van der Waals surface area contributed by atoms with Crippen molar-refractivity contribution in [1.82, 2.24) is 4.90 Å². The fourth-order valence-corrected chi connectivity index (χ4v) is 2.32. The van der Waals surface area contributed by atoms with Crippen LogP contribution in [0.3, 0.4) is 0 Å². The van der Waals surface area contributed by atoms with E-state index in [0.29, 0.717) is 12.1 Å². The van der Waals surface area contributed by atoms with E-state index in [1.807, 2.05) is 0 Å². The van der Waals surface area contributed by atoms with Crippen LogP contribution in [0.15, 0.2) is 12.1 Å². The lowest BCUT2D eigenvalue weighted by atomic mass is 10.1. The smallest absolute Gasteiger partial charge is 0.229 e. The van der Waals surface area contributed by atoms with Crippen LogP contribution < -0.4 is 5.32 Å². The third-order valence-electron chi connectivity index (χ3n) is 3.31. The molecule has 4 nitrogen and oxygen atoms in total. The largest absolute Gasteiger partial charge is 0.345 e. The van der Waals surface area contributed by atoms with Crippen LogP contribution in [0.25, 0.3) is 0 Å². The molecule has 1 unspecified atom stereocenters. The third kappa shape index (κ3) is 2.71. The predicted molar refractivity (Wildman–Crippen MR) is 70.5 cm³/mol. The van der Waals surface area contributed by atoms with Gasteiger partial charge >= 0.3 is 0 Å². The van der Waals surface area contributed by atoms with Gasteiger partial charge in [0.1, 0.15) is 5.82 Å². The maximum atomic E-state index is 13.4. The Bertz CT molecular complexity index is 548. The molecule has 0 saturated carbocycles. The topological polar surface area (TPSA) is 49.4 Å². The summed E-state index contributed by atoms with van der Waals surface area (Å²) in [5, 5.41) is 2.89. The van der Waals surface area contributed by atoms with Crippen molar-refractivity contribution in [2.75, 3.05) is 18.9 Å². The van der Waals surface area contributed by atoms with Crippen molar-refractivity contribution in [2.24, 2.45) is 5.92 Å². The standard InChI is InChI=1S/C13H14ClFN2O2/c1-7-10(15)4-3-9(14)12(7)16-13(19)8-5-11(18)17(2)6-8/h3-4,8H,5-6H2,1-2H3,(H,16,19). The van der Waals surface area contributed by atoms with Gasteiger partial charge in [0.25, 0.3) is 0 Å². The molecule has 1 aromatic carbocycles. The number of carbonyl (C=O) groups is 2. The zero-order valence-electron chi connectivity index (χ0n) is 10.7. The van der Waals surface area contributed by atoms with Crippen LogP contribution in [0.5, 0.6) is 0 Å². The van der Waals surface area contributed by atoms with Gasteiger partial charge in [-0.05, 0) is 19.1 Å². The molecule has 19 heavy (non-hydrogen) atoms. The zero-order chi connectivity index (χ0) is 14.2. The number of benzene rings is 1. The summed E-state index contributed by atoms with van der Waals surface area (Å²) in [6, 6.07) is 2.64. The van der Waals surface area contributed by atoms with E-state index in [0.717, 1.165) is 0 Å². The molecule has 1 aromatic rings. The number of likely N-dealkylation sites (tertiary alicyclic amines) is 1. The number of nitrogens with zero attached hydrogens (tertiary/aromatic N) is 1. The first-order valence-corrected chi connectivity index (χ1v) is 6.27. The average molecular weight is 285 g/mol. The summed E-state index contributed by atoms with van der Waals surface area (Å²) in [6.45, 7) is 1.92. The maximum absolute atomic E-state index is 13.4. The number of hydrogen-bond acceptors (Lipinski definition) is 2. The molecule has 2 rings (SSSR count). The van der Waals surface area contributed by atoms with E-state index in [9.17, 15) is 14.0 Å². The minimum absolute atomic E-state index is 0.0674. The van der Waals surface area contributed by atoms with Crippen LogP contribution in [0.4, 0.5) is 10.1 Å². The normalized spacial score (nSPS) is 18.8. The molecule has 1 aliphatic heterocycles. The number of carbonyl (C=O) groups excluding carboxylic acids is 2. The molecule has 1 atom stereocenters. The molecule has 0 aliphatic carbocycles. The van der Waals surface area contributed by atoms with Crippen molar-refractivity contribution < 1.29 is 14.0 Å². The summed E-state index contributed by atoms with van der Waals surface area (Å²) in [7, 11) is 1.65. The molecule has 1 fully saturated rings. The van der Waals surface area contributed by atoms with Crippen molar-refractivity contribution >= 4 is 29.1 Å². The quantitative estimate of drug-likeness (QED) is 0.905. The summed E-state index contributed by atoms with van der Waals surface area (Å²) < 4.78 is 13.4. The van der Waals surface area contributed by atoms with Crippen LogP contribution in [-0.2, 0) is 9.59 Å². The summed E-state index contributed by atoms with van der Waals surface area (Å²) in [6.07, 6.45) is 0.175. The van der Waals surface area contributed by atoms with E-state index < -0.39 is 11.7 Å². The molecule has 0 bridgehead atoms. The molecular formula is C13H14ClFN2O2. The number of nitrogens with one attached hydrogen (secondary N) is 1. The minimum atomic E-state index is -0.431. The first kappa shape index (κ1) is 13.8. The lowest BCUT2D eigenvalue weighted by molar-refractivity contribution is -0.127. The second kappa shape index (κ2) is 5.17. The molecule has 6 heteroatoms. The van der Waals surface area contributed by atoms with Crippen LogP contribution in [-0.4, -0.2) is 30.3 Å². The van der Waals surface area contributed by atoms with E-state index in [1.165, 1.54) is 17.0 Å². The Kier molecular flexibility index (Phi) is 3.75. The van der Waals surface area contributed by atoms with Gasteiger partial charge in [0.05, 0.1) is 16.6 Å². The van der Waals surface area contributed by atoms with E-state index in [-0.39, 0.29) is 28.9 Å². The van der Waals surface area contributed by atoms with Gasteiger partial charge in [-0.2, -0.15) is 0 Å². The van der Waals surface area contributed by atoms with E-state index >= 15 is 0 Å². The highest BCUT2D eigenvalue weighted by atomic mass is 35.5. The predicted octanol–water partition coefficient (Wildman–Crippen LogP) is 2.20. The molecule has 0 aromatic heterocycles. The fourth-order valence-electron chi connectivity index (χ4n) is 2.07. The number of halogens is 2. The van der Waals surface area contributed by atoms with Gasteiger partial charge in [-0.25, -0.2) is 4.39 Å². The summed E-state index contributed by atoms with van der Waals surface area (Å²) in [4.78, 5) is 24.9. The first-order chi connectivity index (χ1) is 8.90. The fraction of sp³-hybridized carbons (Fsp3) is 0.385. The highest BCUT2D eigenvalue weighted by Crippen LogP contribution is 2.29. The second-order valence-electron chi connectivity index (χ2n) is 4.69. The maximum Gasteiger partial charge on any atom is 0.229 e. The lowest BCUT2D eigenvalue weighted by Crippen LogP contribution is -2.26. The molecule has 0 spiro atoms. The Morgan fingerprint density at radius 2 is 2.21 bits per heavy atom. The average Bonchev–Trinajstić information content (AvgIpc) is 2.70. The number of rotatable bonds is 2. The van der Waals surface area contributed by atoms with Gasteiger partial charge in [-0.3, -0.25) is 9.59 Å². The van der Waals surface area contributed by atoms with Crippen molar-refractivity contribution in [3.05, 3.63) is 28.5 Å². The Morgan fingerprint density at radius 1 is 1.53 bits per heavy atom. The van der Waals surface area contributed by atoms with Gasteiger partial charge in [0.15, 0.2) is 0 Å². The molecule has 1 N–H and O–H groups in total. The monoisotopic (exact) mass is 284 g/mol. The molecule has 1 aliphatic rings. The molecule has 0 radical (unpaired) electrons. The van der Waals surface area contributed by atoms with Crippen molar-refractivity contribution in [1.29, 1.82) is 0 Å². The highest BCUT2D eigenvalue weighted by Gasteiger charge is 2.32. The molecule has 102 valence electrons. The third-order valence-corrected chi connectivity index (χ3v) is 3.62. The Balaban J connectivity index is 2.16. The second-order valence-corrected chi connectivity index (χ2v) is 5.10. The van der Waals surface area contributed by atoms with E-state index in [4.69, 9.17) is 11.6 Å². The van der Waals surface area contributed by atoms with Crippen molar-refractivity contribution in [2.45, 2.75) is 13.3 Å². The van der Waals surface area contributed by atoms with E-state index in [1.54, 1.807) is 14.0 Å². The number of amides is 2. The van der Waals surface area contributed by atoms with Gasteiger partial charge in [0, 0.05) is 25.6 Å². The lowest BCUT2D eigenvalue weighted by Gasteiger charge is -2.14. The van der Waals surface area contributed by atoms with Gasteiger partial charge in [0.2, 0.25) is 11.8 Å². The minimum Gasteiger partial charge on any atom is -0.345 e. The molecular weight excluding hydrogens is 271 g/mol. The van der Waals surface area contributed by atoms with Crippen LogP contribution in [0.1, 0.15) is 12.0 Å². The molecule has 1 heterocycles. The van der Waals surface area contributed by atoms with Gasteiger partial charge in [-0.15, -0.1) is 0 Å². The van der Waals surface area contributed by atoms with Crippen molar-refractivity contribution in [3.63, 3.8) is 0 Å².